The van der Waals surface area contributed by atoms with E-state index in [1.54, 1.807) is 17.0 Å². The number of H-pyrrole nitrogens is 1. The van der Waals surface area contributed by atoms with E-state index >= 15 is 0 Å². The highest BCUT2D eigenvalue weighted by molar-refractivity contribution is 5.76. The van der Waals surface area contributed by atoms with Gasteiger partial charge in [0.05, 0.1) is 0 Å². The zero-order valence-electron chi connectivity index (χ0n) is 13.3. The van der Waals surface area contributed by atoms with E-state index in [2.05, 4.69) is 10.3 Å². The minimum Gasteiger partial charge on any atom is -0.336 e. The fraction of sp³-hybridized carbons (Fsp3) is 0.714. The first-order chi connectivity index (χ1) is 9.03. The maximum absolute atomic E-state index is 11.0. The van der Waals surface area contributed by atoms with Crippen LogP contribution in [0.5, 0.6) is 0 Å². The number of aromatic amines is 1. The molecule has 1 aromatic rings. The van der Waals surface area contributed by atoms with Gasteiger partial charge >= 0.3 is 11.7 Å². The monoisotopic (exact) mass is 282 g/mol. The van der Waals surface area contributed by atoms with E-state index in [4.69, 9.17) is 0 Å². The summed E-state index contributed by atoms with van der Waals surface area (Å²) in [5.74, 6) is 0. The lowest BCUT2D eigenvalue weighted by Crippen LogP contribution is -2.43. The number of hydrogen-bond acceptors (Lipinski definition) is 2. The molecule has 0 radical (unpaired) electrons. The van der Waals surface area contributed by atoms with Gasteiger partial charge in [-0.2, -0.15) is 0 Å². The maximum atomic E-state index is 11.0. The minimum atomic E-state index is -0.114. The molecule has 0 aromatic carbocycles. The fourth-order valence-corrected chi connectivity index (χ4v) is 1.96. The molecule has 20 heavy (non-hydrogen) atoms. The van der Waals surface area contributed by atoms with E-state index in [9.17, 15) is 9.59 Å². The molecule has 1 aliphatic rings. The molecule has 0 spiro atoms. The smallest absolute Gasteiger partial charge is 0.325 e. The van der Waals surface area contributed by atoms with E-state index in [1.807, 2.05) is 46.4 Å². The molecule has 1 aliphatic heterocycles. The van der Waals surface area contributed by atoms with Crippen LogP contribution in [0.25, 0.3) is 0 Å². The van der Waals surface area contributed by atoms with Crippen LogP contribution in [0.15, 0.2) is 17.2 Å². The summed E-state index contributed by atoms with van der Waals surface area (Å²) < 4.78 is 1.66. The van der Waals surface area contributed by atoms with Crippen molar-refractivity contribution in [2.75, 3.05) is 13.1 Å². The molecule has 2 rings (SSSR count). The van der Waals surface area contributed by atoms with Gasteiger partial charge in [0.1, 0.15) is 0 Å². The number of carbonyl (C=O) groups is 1. The van der Waals surface area contributed by atoms with Gasteiger partial charge < -0.3 is 15.2 Å². The Bertz CT molecular complexity index is 502. The first-order valence-corrected chi connectivity index (χ1v) is 6.85. The molecule has 114 valence electrons. The number of urea groups is 1. The molecular formula is C14H26N4O2. The zero-order valence-corrected chi connectivity index (χ0v) is 13.3. The zero-order chi connectivity index (χ0) is 15.6. The van der Waals surface area contributed by atoms with E-state index in [-0.39, 0.29) is 22.8 Å². The number of hydrogen-bond donors (Lipinski definition) is 2. The molecule has 2 amide bonds. The molecule has 0 unspecified atom stereocenters. The molecule has 6 heteroatoms. The Labute approximate surface area is 120 Å². The molecule has 1 fully saturated rings. The second-order valence-corrected chi connectivity index (χ2v) is 6.86. The van der Waals surface area contributed by atoms with E-state index in [1.165, 1.54) is 0 Å². The van der Waals surface area contributed by atoms with Crippen LogP contribution in [0.1, 0.15) is 41.5 Å². The van der Waals surface area contributed by atoms with E-state index in [0.717, 1.165) is 13.1 Å². The molecule has 2 heterocycles. The Morgan fingerprint density at radius 2 is 1.65 bits per heavy atom. The number of amides is 2. The average molecular weight is 282 g/mol. The predicted molar refractivity (Wildman–Crippen MR) is 79.9 cm³/mol. The average Bonchev–Trinajstić information content (AvgIpc) is 2.85. The van der Waals surface area contributed by atoms with Crippen LogP contribution in [-0.2, 0) is 5.54 Å². The van der Waals surface area contributed by atoms with Crippen LogP contribution in [0.3, 0.4) is 0 Å². The number of aromatic nitrogens is 2. The van der Waals surface area contributed by atoms with E-state index < -0.39 is 0 Å². The lowest BCUT2D eigenvalue weighted by atomic mass is 10.1. The van der Waals surface area contributed by atoms with Crippen LogP contribution < -0.4 is 11.0 Å². The molecular weight excluding hydrogens is 256 g/mol. The van der Waals surface area contributed by atoms with Crippen molar-refractivity contribution in [1.29, 1.82) is 0 Å². The molecule has 6 nitrogen and oxygen atoms in total. The lowest BCUT2D eigenvalue weighted by molar-refractivity contribution is 0.171. The largest absolute Gasteiger partial charge is 0.336 e. The van der Waals surface area contributed by atoms with Crippen molar-refractivity contribution < 1.29 is 4.79 Å². The second kappa shape index (κ2) is 5.73. The number of nitrogens with zero attached hydrogens (tertiary/aromatic N) is 2. The van der Waals surface area contributed by atoms with Crippen molar-refractivity contribution >= 4 is 6.03 Å². The number of nitrogens with one attached hydrogen (secondary N) is 2. The molecule has 0 bridgehead atoms. The Balaban J connectivity index is 0.000000200. The van der Waals surface area contributed by atoms with Gasteiger partial charge in [-0.25, -0.2) is 9.59 Å². The predicted octanol–water partition coefficient (Wildman–Crippen LogP) is 1.74. The maximum Gasteiger partial charge on any atom is 0.325 e. The van der Waals surface area contributed by atoms with Gasteiger partial charge in [0, 0.05) is 36.6 Å². The van der Waals surface area contributed by atoms with Crippen LogP contribution >= 0.6 is 0 Å². The highest BCUT2D eigenvalue weighted by Crippen LogP contribution is 2.14. The van der Waals surface area contributed by atoms with Gasteiger partial charge in [-0.15, -0.1) is 0 Å². The first-order valence-electron chi connectivity index (χ1n) is 6.85. The Morgan fingerprint density at radius 3 is 1.85 bits per heavy atom. The standard InChI is InChI=1S/C7H14N2O.C7H12N2O/c2*1-7(2,3)9-5-4-8-6(9)10/h4-5H2,1-3H3,(H,8,10);4-5H,1-3H3,(H,8,10). The summed E-state index contributed by atoms with van der Waals surface area (Å²) in [7, 11) is 0. The summed E-state index contributed by atoms with van der Waals surface area (Å²) >= 11 is 0. The highest BCUT2D eigenvalue weighted by atomic mass is 16.2. The van der Waals surface area contributed by atoms with Gasteiger partial charge in [-0.1, -0.05) is 0 Å². The highest BCUT2D eigenvalue weighted by Gasteiger charge is 2.29. The summed E-state index contributed by atoms with van der Waals surface area (Å²) in [5, 5.41) is 2.76. The SMILES string of the molecule is CC(C)(C)N1CCNC1=O.CC(C)(C)n1cc[nH]c1=O. The third-order valence-electron chi connectivity index (χ3n) is 3.04. The summed E-state index contributed by atoms with van der Waals surface area (Å²) in [6, 6.07) is 0.0625. The van der Waals surface area contributed by atoms with Gasteiger partial charge in [0.15, 0.2) is 0 Å². The summed E-state index contributed by atoms with van der Waals surface area (Å²) in [4.78, 5) is 26.4. The van der Waals surface area contributed by atoms with Gasteiger partial charge in [0.2, 0.25) is 0 Å². The lowest BCUT2D eigenvalue weighted by Gasteiger charge is -2.30. The van der Waals surface area contributed by atoms with Crippen LogP contribution in [0, 0.1) is 0 Å². The Hall–Kier alpha value is -1.72. The quantitative estimate of drug-likeness (QED) is 0.761. The van der Waals surface area contributed by atoms with E-state index in [0.29, 0.717) is 0 Å². The van der Waals surface area contributed by atoms with Gasteiger partial charge in [0.25, 0.3) is 0 Å². The topological polar surface area (TPSA) is 70.1 Å². The second-order valence-electron chi connectivity index (χ2n) is 6.86. The molecule has 2 N–H and O–H groups in total. The normalized spacial score (nSPS) is 15.7. The van der Waals surface area contributed by atoms with Crippen LogP contribution in [0.4, 0.5) is 4.79 Å². The number of rotatable bonds is 0. The molecule has 1 aromatic heterocycles. The third-order valence-corrected chi connectivity index (χ3v) is 3.04. The summed E-state index contributed by atoms with van der Waals surface area (Å²) in [6.07, 6.45) is 3.40. The molecule has 0 saturated carbocycles. The Morgan fingerprint density at radius 1 is 1.05 bits per heavy atom. The van der Waals surface area contributed by atoms with Crippen molar-refractivity contribution in [3.8, 4) is 0 Å². The van der Waals surface area contributed by atoms with Crippen LogP contribution in [-0.4, -0.2) is 39.1 Å². The minimum absolute atomic E-state index is 0.0272. The van der Waals surface area contributed by atoms with Crippen molar-refractivity contribution in [1.82, 2.24) is 19.8 Å². The summed E-state index contributed by atoms with van der Waals surface area (Å²) in [6.45, 7) is 13.7. The third kappa shape index (κ3) is 4.15. The number of imidazole rings is 1. The van der Waals surface area contributed by atoms with Gasteiger partial charge in [-0.05, 0) is 41.5 Å². The molecule has 1 saturated heterocycles. The first kappa shape index (κ1) is 16.3. The summed E-state index contributed by atoms with van der Waals surface area (Å²) in [5.41, 5.74) is -0.190. The van der Waals surface area contributed by atoms with Crippen molar-refractivity contribution in [2.24, 2.45) is 0 Å². The fourth-order valence-electron chi connectivity index (χ4n) is 1.96. The van der Waals surface area contributed by atoms with Crippen LogP contribution in [0.2, 0.25) is 0 Å². The Kier molecular flexibility index (Phi) is 4.68. The van der Waals surface area contributed by atoms with Gasteiger partial charge in [-0.3, -0.25) is 4.57 Å². The molecule has 0 aliphatic carbocycles. The molecule has 0 atom stereocenters. The van der Waals surface area contributed by atoms with Crippen molar-refractivity contribution in [3.63, 3.8) is 0 Å². The number of carbonyl (C=O) groups excluding carboxylic acids is 1. The van der Waals surface area contributed by atoms with Crippen molar-refractivity contribution in [2.45, 2.75) is 52.6 Å². The van der Waals surface area contributed by atoms with Crippen molar-refractivity contribution in [3.05, 3.63) is 22.9 Å².